The molecule has 98 valence electrons. The van der Waals surface area contributed by atoms with E-state index in [9.17, 15) is 4.79 Å². The van der Waals surface area contributed by atoms with Gasteiger partial charge in [-0.25, -0.2) is 4.79 Å². The average Bonchev–Trinajstić information content (AvgIpc) is 2.43. The molecule has 0 saturated carbocycles. The molecule has 0 spiro atoms. The predicted molar refractivity (Wildman–Crippen MR) is 76.7 cm³/mol. The second-order valence-electron chi connectivity index (χ2n) is 4.28. The lowest BCUT2D eigenvalue weighted by Crippen LogP contribution is -2.04. The van der Waals surface area contributed by atoms with Crippen LogP contribution < -0.4 is 11.1 Å². The normalized spacial score (nSPS) is 10.0. The third-order valence-electron chi connectivity index (χ3n) is 2.80. The van der Waals surface area contributed by atoms with Gasteiger partial charge in [-0.05, 0) is 37.3 Å². The molecule has 0 saturated heterocycles. The van der Waals surface area contributed by atoms with E-state index in [0.29, 0.717) is 16.9 Å². The molecule has 0 aliphatic heterocycles. The summed E-state index contributed by atoms with van der Waals surface area (Å²) < 4.78 is 4.69. The van der Waals surface area contributed by atoms with E-state index in [4.69, 9.17) is 5.73 Å². The third kappa shape index (κ3) is 3.04. The van der Waals surface area contributed by atoms with Gasteiger partial charge in [-0.2, -0.15) is 0 Å². The zero-order valence-corrected chi connectivity index (χ0v) is 10.9. The van der Waals surface area contributed by atoms with Gasteiger partial charge in [0.1, 0.15) is 0 Å². The molecule has 0 amide bonds. The Balaban J connectivity index is 2.28. The maximum atomic E-state index is 11.5. The summed E-state index contributed by atoms with van der Waals surface area (Å²) >= 11 is 0. The number of aryl methyl sites for hydroxylation is 1. The predicted octanol–water partition coefficient (Wildman–Crippen LogP) is 3.11. The van der Waals surface area contributed by atoms with Crippen molar-refractivity contribution in [2.45, 2.75) is 6.92 Å². The second-order valence-corrected chi connectivity index (χ2v) is 4.28. The van der Waals surface area contributed by atoms with Crippen LogP contribution in [0.3, 0.4) is 0 Å². The highest BCUT2D eigenvalue weighted by Gasteiger charge is 2.08. The maximum absolute atomic E-state index is 11.5. The van der Waals surface area contributed by atoms with E-state index in [-0.39, 0.29) is 5.97 Å². The number of carbonyl (C=O) groups excluding carboxylic acids is 1. The number of methoxy groups -OCH3 is 1. The highest BCUT2D eigenvalue weighted by molar-refractivity contribution is 5.92. The van der Waals surface area contributed by atoms with Crippen molar-refractivity contribution in [3.05, 3.63) is 53.6 Å². The molecule has 0 aromatic heterocycles. The minimum absolute atomic E-state index is 0.382. The van der Waals surface area contributed by atoms with Crippen LogP contribution in [0.4, 0.5) is 17.1 Å². The number of hydrogen-bond acceptors (Lipinski definition) is 4. The quantitative estimate of drug-likeness (QED) is 0.654. The van der Waals surface area contributed by atoms with E-state index in [1.165, 1.54) is 12.7 Å². The maximum Gasteiger partial charge on any atom is 0.337 e. The number of nitrogen functional groups attached to an aromatic ring is 1. The first-order valence-corrected chi connectivity index (χ1v) is 5.91. The molecule has 4 nitrogen and oxygen atoms in total. The summed E-state index contributed by atoms with van der Waals surface area (Å²) in [7, 11) is 1.35. The molecular weight excluding hydrogens is 240 g/mol. The topological polar surface area (TPSA) is 64.3 Å². The van der Waals surface area contributed by atoms with Crippen molar-refractivity contribution < 1.29 is 9.53 Å². The lowest BCUT2D eigenvalue weighted by Gasteiger charge is -2.11. The largest absolute Gasteiger partial charge is 0.465 e. The van der Waals surface area contributed by atoms with E-state index >= 15 is 0 Å². The second kappa shape index (κ2) is 5.44. The zero-order valence-electron chi connectivity index (χ0n) is 10.9. The number of benzene rings is 2. The van der Waals surface area contributed by atoms with Crippen molar-refractivity contribution in [2.24, 2.45) is 0 Å². The number of nitrogens with one attached hydrogen (secondary N) is 1. The summed E-state index contributed by atoms with van der Waals surface area (Å²) in [5.41, 5.74) is 9.72. The first kappa shape index (κ1) is 13.0. The molecular formula is C15H16N2O2. The van der Waals surface area contributed by atoms with Gasteiger partial charge in [-0.3, -0.25) is 0 Å². The molecule has 2 aromatic carbocycles. The van der Waals surface area contributed by atoms with Crippen LogP contribution in [0.2, 0.25) is 0 Å². The standard InChI is InChI=1S/C15H16N2O2/c1-10-3-6-12(7-4-10)17-14-9-11(15(18)19-2)5-8-13(14)16/h3-9,17H,16H2,1-2H3. The van der Waals surface area contributed by atoms with Crippen molar-refractivity contribution in [1.82, 2.24) is 0 Å². The summed E-state index contributed by atoms with van der Waals surface area (Å²) in [6.45, 7) is 2.02. The van der Waals surface area contributed by atoms with Crippen molar-refractivity contribution in [3.63, 3.8) is 0 Å². The van der Waals surface area contributed by atoms with Gasteiger partial charge in [0.25, 0.3) is 0 Å². The van der Waals surface area contributed by atoms with E-state index in [2.05, 4.69) is 10.1 Å². The Bertz CT molecular complexity index is 592. The monoisotopic (exact) mass is 256 g/mol. The van der Waals surface area contributed by atoms with Crippen LogP contribution in [0.1, 0.15) is 15.9 Å². The van der Waals surface area contributed by atoms with Crippen LogP contribution in [0.25, 0.3) is 0 Å². The van der Waals surface area contributed by atoms with Gasteiger partial charge in [-0.1, -0.05) is 17.7 Å². The Hall–Kier alpha value is -2.49. The highest BCUT2D eigenvalue weighted by atomic mass is 16.5. The number of nitrogens with two attached hydrogens (primary N) is 1. The fourth-order valence-electron chi connectivity index (χ4n) is 1.70. The van der Waals surface area contributed by atoms with E-state index in [0.717, 1.165) is 5.69 Å². The molecule has 0 fully saturated rings. The van der Waals surface area contributed by atoms with Crippen molar-refractivity contribution in [1.29, 1.82) is 0 Å². The smallest absolute Gasteiger partial charge is 0.337 e. The lowest BCUT2D eigenvalue weighted by atomic mass is 10.1. The molecule has 19 heavy (non-hydrogen) atoms. The van der Waals surface area contributed by atoms with Crippen molar-refractivity contribution in [3.8, 4) is 0 Å². The number of rotatable bonds is 3. The lowest BCUT2D eigenvalue weighted by molar-refractivity contribution is 0.0601. The number of carbonyl (C=O) groups is 1. The van der Waals surface area contributed by atoms with E-state index < -0.39 is 0 Å². The molecule has 0 aliphatic rings. The van der Waals surface area contributed by atoms with Crippen molar-refractivity contribution in [2.75, 3.05) is 18.2 Å². The molecule has 0 bridgehead atoms. The Labute approximate surface area is 112 Å². The summed E-state index contributed by atoms with van der Waals surface area (Å²) in [5, 5.41) is 3.19. The zero-order chi connectivity index (χ0) is 13.8. The van der Waals surface area contributed by atoms with Crippen molar-refractivity contribution >= 4 is 23.0 Å². The van der Waals surface area contributed by atoms with Crippen LogP contribution in [0, 0.1) is 6.92 Å². The number of esters is 1. The number of ether oxygens (including phenoxy) is 1. The van der Waals surface area contributed by atoms with Gasteiger partial charge < -0.3 is 15.8 Å². The van der Waals surface area contributed by atoms with Gasteiger partial charge >= 0.3 is 5.97 Å². The van der Waals surface area contributed by atoms with Crippen LogP contribution in [-0.2, 0) is 4.74 Å². The Morgan fingerprint density at radius 3 is 2.47 bits per heavy atom. The molecule has 4 heteroatoms. The molecule has 0 aliphatic carbocycles. The van der Waals surface area contributed by atoms with E-state index in [1.54, 1.807) is 18.2 Å². The fourth-order valence-corrected chi connectivity index (χ4v) is 1.70. The molecule has 3 N–H and O–H groups in total. The molecule has 2 aromatic rings. The minimum atomic E-state index is -0.382. The Kier molecular flexibility index (Phi) is 3.71. The summed E-state index contributed by atoms with van der Waals surface area (Å²) in [6, 6.07) is 12.9. The Morgan fingerprint density at radius 2 is 1.84 bits per heavy atom. The first-order chi connectivity index (χ1) is 9.10. The molecule has 2 rings (SSSR count). The van der Waals surface area contributed by atoms with Gasteiger partial charge in [0, 0.05) is 5.69 Å². The van der Waals surface area contributed by atoms with E-state index in [1.807, 2.05) is 31.2 Å². The summed E-state index contributed by atoms with van der Waals surface area (Å²) in [4.78, 5) is 11.5. The summed E-state index contributed by atoms with van der Waals surface area (Å²) in [6.07, 6.45) is 0. The van der Waals surface area contributed by atoms with Crippen LogP contribution >= 0.6 is 0 Å². The molecule has 0 heterocycles. The van der Waals surface area contributed by atoms with Gasteiger partial charge in [0.15, 0.2) is 0 Å². The minimum Gasteiger partial charge on any atom is -0.465 e. The van der Waals surface area contributed by atoms with Gasteiger partial charge in [0.05, 0.1) is 24.0 Å². The van der Waals surface area contributed by atoms with Gasteiger partial charge in [-0.15, -0.1) is 0 Å². The SMILES string of the molecule is COC(=O)c1ccc(N)c(Nc2ccc(C)cc2)c1. The fraction of sp³-hybridized carbons (Fsp3) is 0.133. The highest BCUT2D eigenvalue weighted by Crippen LogP contribution is 2.24. The average molecular weight is 256 g/mol. The molecule has 0 atom stereocenters. The third-order valence-corrected chi connectivity index (χ3v) is 2.80. The van der Waals surface area contributed by atoms with Gasteiger partial charge in [0.2, 0.25) is 0 Å². The van der Waals surface area contributed by atoms with Crippen LogP contribution in [0.15, 0.2) is 42.5 Å². The van der Waals surface area contributed by atoms with Crippen LogP contribution in [-0.4, -0.2) is 13.1 Å². The number of anilines is 3. The molecule has 0 radical (unpaired) electrons. The summed E-state index contributed by atoms with van der Waals surface area (Å²) in [5.74, 6) is -0.382. The Morgan fingerprint density at radius 1 is 1.16 bits per heavy atom. The molecule has 0 unspecified atom stereocenters. The van der Waals surface area contributed by atoms with Crippen LogP contribution in [0.5, 0.6) is 0 Å². The number of hydrogen-bond donors (Lipinski definition) is 2. The first-order valence-electron chi connectivity index (χ1n) is 5.91.